The fourth-order valence-corrected chi connectivity index (χ4v) is 2.65. The Labute approximate surface area is 130 Å². The van der Waals surface area contributed by atoms with E-state index in [2.05, 4.69) is 6.58 Å². The highest BCUT2D eigenvalue weighted by Gasteiger charge is 2.10. The van der Waals surface area contributed by atoms with Crippen molar-refractivity contribution in [1.82, 2.24) is 4.90 Å². The third-order valence-electron chi connectivity index (χ3n) is 3.08. The van der Waals surface area contributed by atoms with Crippen molar-refractivity contribution in [2.45, 2.75) is 13.5 Å². The van der Waals surface area contributed by atoms with Crippen LogP contribution in [0.4, 0.5) is 0 Å². The Morgan fingerprint density at radius 2 is 2.05 bits per heavy atom. The Hall–Kier alpha value is -2.13. The van der Waals surface area contributed by atoms with Crippen LogP contribution in [0.3, 0.4) is 0 Å². The molecular formula is C18H19NOS. The van der Waals surface area contributed by atoms with E-state index in [4.69, 9.17) is 0 Å². The second-order valence-corrected chi connectivity index (χ2v) is 5.86. The van der Waals surface area contributed by atoms with Crippen molar-refractivity contribution < 1.29 is 4.79 Å². The van der Waals surface area contributed by atoms with Crippen molar-refractivity contribution in [3.8, 4) is 0 Å². The van der Waals surface area contributed by atoms with E-state index in [1.54, 1.807) is 28.4 Å². The number of rotatable bonds is 6. The van der Waals surface area contributed by atoms with Crippen molar-refractivity contribution in [3.63, 3.8) is 0 Å². The smallest absolute Gasteiger partial charge is 0.247 e. The van der Waals surface area contributed by atoms with Gasteiger partial charge in [-0.2, -0.15) is 0 Å². The third kappa shape index (κ3) is 4.72. The molecule has 108 valence electrons. The molecule has 0 aliphatic rings. The van der Waals surface area contributed by atoms with E-state index in [1.807, 2.05) is 54.8 Å². The molecule has 0 unspecified atom stereocenters. The van der Waals surface area contributed by atoms with E-state index in [1.165, 1.54) is 10.4 Å². The predicted octanol–water partition coefficient (Wildman–Crippen LogP) is 4.28. The van der Waals surface area contributed by atoms with Crippen LogP contribution in [-0.4, -0.2) is 17.4 Å². The van der Waals surface area contributed by atoms with Gasteiger partial charge in [-0.3, -0.25) is 4.79 Å². The summed E-state index contributed by atoms with van der Waals surface area (Å²) in [6.45, 7) is 6.95. The molecule has 0 radical (unpaired) electrons. The van der Waals surface area contributed by atoms with Crippen LogP contribution in [0.1, 0.15) is 16.0 Å². The molecule has 1 aromatic heterocycles. The Bertz CT molecular complexity index is 611. The number of thiophene rings is 1. The topological polar surface area (TPSA) is 20.3 Å². The second kappa shape index (κ2) is 7.60. The van der Waals surface area contributed by atoms with E-state index < -0.39 is 0 Å². The highest BCUT2D eigenvalue weighted by atomic mass is 32.1. The van der Waals surface area contributed by atoms with E-state index in [0.29, 0.717) is 13.1 Å². The number of hydrogen-bond donors (Lipinski definition) is 0. The summed E-state index contributed by atoms with van der Waals surface area (Å²) >= 11 is 1.66. The predicted molar refractivity (Wildman–Crippen MR) is 90.1 cm³/mol. The van der Waals surface area contributed by atoms with Crippen LogP contribution >= 0.6 is 11.3 Å². The molecule has 0 saturated carbocycles. The van der Waals surface area contributed by atoms with Gasteiger partial charge in [0.15, 0.2) is 0 Å². The zero-order valence-corrected chi connectivity index (χ0v) is 13.0. The minimum atomic E-state index is 0.00359. The molecule has 0 aliphatic carbocycles. The Morgan fingerprint density at radius 1 is 1.29 bits per heavy atom. The fourth-order valence-electron chi connectivity index (χ4n) is 1.93. The van der Waals surface area contributed by atoms with Gasteiger partial charge < -0.3 is 4.90 Å². The molecule has 21 heavy (non-hydrogen) atoms. The van der Waals surface area contributed by atoms with E-state index >= 15 is 0 Å². The highest BCUT2D eigenvalue weighted by Crippen LogP contribution is 2.13. The van der Waals surface area contributed by atoms with Crippen molar-refractivity contribution in [3.05, 3.63) is 76.5 Å². The summed E-state index contributed by atoms with van der Waals surface area (Å²) in [5, 5.41) is 2.02. The van der Waals surface area contributed by atoms with Gasteiger partial charge >= 0.3 is 0 Å². The molecule has 1 heterocycles. The third-order valence-corrected chi connectivity index (χ3v) is 3.94. The standard InChI is InChI=1S/C18H19NOS/c1-3-12-19(14-17-5-4-13-21-17)18(20)11-10-16-8-6-15(2)7-9-16/h3-11,13H,1,12,14H2,2H3/b11-10+. The maximum absolute atomic E-state index is 12.3. The first-order valence-corrected chi connectivity index (χ1v) is 7.74. The van der Waals surface area contributed by atoms with Gasteiger partial charge in [-0.25, -0.2) is 0 Å². The minimum absolute atomic E-state index is 0.00359. The van der Waals surface area contributed by atoms with Crippen LogP contribution in [0, 0.1) is 6.92 Å². The van der Waals surface area contributed by atoms with E-state index in [9.17, 15) is 4.79 Å². The number of nitrogens with zero attached hydrogens (tertiary/aromatic N) is 1. The number of benzene rings is 1. The van der Waals surface area contributed by atoms with Crippen molar-refractivity contribution in [1.29, 1.82) is 0 Å². The average Bonchev–Trinajstić information content (AvgIpc) is 2.99. The van der Waals surface area contributed by atoms with Crippen molar-refractivity contribution in [2.75, 3.05) is 6.54 Å². The van der Waals surface area contributed by atoms with Crippen LogP contribution in [0.15, 0.2) is 60.5 Å². The molecule has 0 fully saturated rings. The summed E-state index contributed by atoms with van der Waals surface area (Å²) < 4.78 is 0. The fraction of sp³-hybridized carbons (Fsp3) is 0.167. The van der Waals surface area contributed by atoms with E-state index in [-0.39, 0.29) is 5.91 Å². The number of aryl methyl sites for hydroxylation is 1. The van der Waals surface area contributed by atoms with E-state index in [0.717, 1.165) is 5.56 Å². The summed E-state index contributed by atoms with van der Waals surface area (Å²) in [6.07, 6.45) is 5.24. The molecule has 0 saturated heterocycles. The summed E-state index contributed by atoms with van der Waals surface area (Å²) in [5.74, 6) is 0.00359. The first-order valence-electron chi connectivity index (χ1n) is 6.86. The van der Waals surface area contributed by atoms with Crippen LogP contribution in [0.25, 0.3) is 6.08 Å². The van der Waals surface area contributed by atoms with Gasteiger partial charge in [-0.05, 0) is 30.0 Å². The first-order chi connectivity index (χ1) is 10.2. The summed E-state index contributed by atoms with van der Waals surface area (Å²) in [5.41, 5.74) is 2.24. The molecule has 0 spiro atoms. The van der Waals surface area contributed by atoms with Gasteiger partial charge in [0.2, 0.25) is 5.91 Å². The van der Waals surface area contributed by atoms with Gasteiger partial charge in [0.25, 0.3) is 0 Å². The largest absolute Gasteiger partial charge is 0.330 e. The summed E-state index contributed by atoms with van der Waals surface area (Å²) in [6, 6.07) is 12.1. The molecule has 1 amide bonds. The van der Waals surface area contributed by atoms with Crippen molar-refractivity contribution >= 4 is 23.3 Å². The Morgan fingerprint density at radius 3 is 2.67 bits per heavy atom. The molecule has 2 aromatic rings. The lowest BCUT2D eigenvalue weighted by molar-refractivity contribution is -0.126. The van der Waals surface area contributed by atoms with Crippen molar-refractivity contribution in [2.24, 2.45) is 0 Å². The number of carbonyl (C=O) groups excluding carboxylic acids is 1. The van der Waals surface area contributed by atoms with Gasteiger partial charge in [-0.15, -0.1) is 17.9 Å². The molecular weight excluding hydrogens is 278 g/mol. The van der Waals surface area contributed by atoms with Gasteiger partial charge in [0, 0.05) is 17.5 Å². The zero-order chi connectivity index (χ0) is 15.1. The molecule has 0 aliphatic heterocycles. The SMILES string of the molecule is C=CCN(Cc1cccs1)C(=O)/C=C/c1ccc(C)cc1. The van der Waals surface area contributed by atoms with Crippen LogP contribution < -0.4 is 0 Å². The van der Waals surface area contributed by atoms with Crippen LogP contribution in [0.2, 0.25) is 0 Å². The first kappa shape index (κ1) is 15.3. The molecule has 3 heteroatoms. The molecule has 0 atom stereocenters. The lowest BCUT2D eigenvalue weighted by Crippen LogP contribution is -2.28. The lowest BCUT2D eigenvalue weighted by atomic mass is 10.1. The normalized spacial score (nSPS) is 10.7. The maximum atomic E-state index is 12.3. The Balaban J connectivity index is 2.03. The van der Waals surface area contributed by atoms with Gasteiger partial charge in [0.1, 0.15) is 0 Å². The molecule has 0 bridgehead atoms. The monoisotopic (exact) mass is 297 g/mol. The number of carbonyl (C=O) groups is 1. The number of amides is 1. The molecule has 2 nitrogen and oxygen atoms in total. The zero-order valence-electron chi connectivity index (χ0n) is 12.2. The summed E-state index contributed by atoms with van der Waals surface area (Å²) in [4.78, 5) is 15.3. The van der Waals surface area contributed by atoms with Gasteiger partial charge in [0.05, 0.1) is 6.54 Å². The van der Waals surface area contributed by atoms with Gasteiger partial charge in [-0.1, -0.05) is 42.0 Å². The van der Waals surface area contributed by atoms with Crippen LogP contribution in [-0.2, 0) is 11.3 Å². The minimum Gasteiger partial charge on any atom is -0.330 e. The maximum Gasteiger partial charge on any atom is 0.247 e. The van der Waals surface area contributed by atoms with Crippen LogP contribution in [0.5, 0.6) is 0 Å². The lowest BCUT2D eigenvalue weighted by Gasteiger charge is -2.18. The summed E-state index contributed by atoms with van der Waals surface area (Å²) in [7, 11) is 0. The highest BCUT2D eigenvalue weighted by molar-refractivity contribution is 7.09. The Kier molecular flexibility index (Phi) is 5.52. The number of hydrogen-bond acceptors (Lipinski definition) is 2. The molecule has 2 rings (SSSR count). The quantitative estimate of drug-likeness (QED) is 0.575. The molecule has 1 aromatic carbocycles. The average molecular weight is 297 g/mol. The second-order valence-electron chi connectivity index (χ2n) is 4.83. The molecule has 0 N–H and O–H groups in total.